The third kappa shape index (κ3) is 6.02. The Morgan fingerprint density at radius 3 is 2.48 bits per heavy atom. The summed E-state index contributed by atoms with van der Waals surface area (Å²) < 4.78 is 19.6. The summed E-state index contributed by atoms with van der Waals surface area (Å²) in [6.45, 7) is 2.13. The summed E-state index contributed by atoms with van der Waals surface area (Å²) in [6.07, 6.45) is 1.26. The number of hydrogen-bond donors (Lipinski definition) is 0. The lowest BCUT2D eigenvalue weighted by Crippen LogP contribution is -2.34. The van der Waals surface area contributed by atoms with Gasteiger partial charge in [0.05, 0.1) is 21.8 Å². The molecule has 1 aliphatic rings. The van der Waals surface area contributed by atoms with E-state index in [9.17, 15) is 9.18 Å². The molecule has 2 aromatic carbocycles. The predicted molar refractivity (Wildman–Crippen MR) is 129 cm³/mol. The zero-order valence-corrected chi connectivity index (χ0v) is 19.6. The van der Waals surface area contributed by atoms with Gasteiger partial charge in [-0.05, 0) is 66.8 Å². The molecule has 0 unspecified atom stereocenters. The van der Waals surface area contributed by atoms with Crippen molar-refractivity contribution < 1.29 is 13.9 Å². The van der Waals surface area contributed by atoms with E-state index in [-0.39, 0.29) is 18.3 Å². The van der Waals surface area contributed by atoms with E-state index < -0.39 is 0 Å². The maximum atomic E-state index is 13.4. The molecular weight excluding hydrogens is 451 g/mol. The number of amides is 1. The van der Waals surface area contributed by atoms with Crippen LogP contribution >= 0.6 is 34.9 Å². The lowest BCUT2D eigenvalue weighted by Gasteiger charge is -2.23. The Bertz CT molecular complexity index is 1000. The molecule has 8 heteroatoms. The van der Waals surface area contributed by atoms with Gasteiger partial charge in [-0.1, -0.05) is 12.1 Å². The minimum absolute atomic E-state index is 0.104. The molecule has 0 spiro atoms. The summed E-state index contributed by atoms with van der Waals surface area (Å²) in [5.74, 6) is 2.50. The summed E-state index contributed by atoms with van der Waals surface area (Å²) in [6, 6.07) is 13.9. The van der Waals surface area contributed by atoms with E-state index in [0.717, 1.165) is 10.7 Å². The highest BCUT2D eigenvalue weighted by atomic mass is 32.2. The number of carbonyl (C=O) groups is 1. The molecule has 1 aliphatic heterocycles. The number of rotatable bonds is 7. The van der Waals surface area contributed by atoms with Crippen molar-refractivity contribution in [3.05, 3.63) is 76.0 Å². The number of thiazole rings is 1. The SMILES string of the molecule is Cc1nc(CN(C(=O)COc2ccc(C3SCCCS3)cc2)c2ccc(F)cc2)cs1. The van der Waals surface area contributed by atoms with Crippen LogP contribution in [0.5, 0.6) is 5.75 Å². The lowest BCUT2D eigenvalue weighted by atomic mass is 10.2. The standard InChI is InChI=1S/C23H23FN2O2S3/c1-16-25-19(15-31-16)13-26(20-7-5-18(24)6-8-20)22(27)14-28-21-9-3-17(4-10-21)23-29-11-2-12-30-23/h3-10,15,23H,2,11-14H2,1H3. The molecule has 1 saturated heterocycles. The smallest absolute Gasteiger partial charge is 0.265 e. The highest BCUT2D eigenvalue weighted by molar-refractivity contribution is 8.16. The van der Waals surface area contributed by atoms with Gasteiger partial charge < -0.3 is 9.64 Å². The second-order valence-corrected chi connectivity index (χ2v) is 10.9. The third-order valence-corrected chi connectivity index (χ3v) is 8.61. The molecule has 31 heavy (non-hydrogen) atoms. The van der Waals surface area contributed by atoms with Crippen molar-refractivity contribution in [2.75, 3.05) is 23.0 Å². The van der Waals surface area contributed by atoms with Crippen molar-refractivity contribution in [3.8, 4) is 5.75 Å². The first-order chi connectivity index (χ1) is 15.1. The highest BCUT2D eigenvalue weighted by Crippen LogP contribution is 2.43. The minimum atomic E-state index is -0.341. The van der Waals surface area contributed by atoms with Gasteiger partial charge >= 0.3 is 0 Å². The molecule has 0 atom stereocenters. The van der Waals surface area contributed by atoms with E-state index in [1.807, 2.05) is 48.0 Å². The average molecular weight is 475 g/mol. The highest BCUT2D eigenvalue weighted by Gasteiger charge is 2.19. The number of hydrogen-bond acceptors (Lipinski definition) is 6. The van der Waals surface area contributed by atoms with Gasteiger partial charge in [0.2, 0.25) is 0 Å². The average Bonchev–Trinajstić information content (AvgIpc) is 3.22. The quantitative estimate of drug-likeness (QED) is 0.416. The van der Waals surface area contributed by atoms with E-state index in [4.69, 9.17) is 4.74 Å². The van der Waals surface area contributed by atoms with Gasteiger partial charge in [0.25, 0.3) is 5.91 Å². The van der Waals surface area contributed by atoms with E-state index in [0.29, 0.717) is 22.6 Å². The Morgan fingerprint density at radius 1 is 1.13 bits per heavy atom. The fraction of sp³-hybridized carbons (Fsp3) is 0.304. The zero-order chi connectivity index (χ0) is 21.6. The van der Waals surface area contributed by atoms with Crippen LogP contribution < -0.4 is 9.64 Å². The van der Waals surface area contributed by atoms with Crippen LogP contribution in [0.25, 0.3) is 0 Å². The normalized spacial score (nSPS) is 14.4. The third-order valence-electron chi connectivity index (χ3n) is 4.77. The summed E-state index contributed by atoms with van der Waals surface area (Å²) in [5.41, 5.74) is 2.69. The number of aromatic nitrogens is 1. The number of carbonyl (C=O) groups excluding carboxylic acids is 1. The number of thioether (sulfide) groups is 2. The first-order valence-electron chi connectivity index (χ1n) is 10.0. The van der Waals surface area contributed by atoms with Gasteiger partial charge in [0.15, 0.2) is 6.61 Å². The maximum absolute atomic E-state index is 13.4. The molecule has 1 amide bonds. The Kier molecular flexibility index (Phi) is 7.53. The molecule has 0 aliphatic carbocycles. The molecule has 1 aromatic heterocycles. The van der Waals surface area contributed by atoms with Gasteiger partial charge in [-0.15, -0.1) is 34.9 Å². The molecule has 2 heterocycles. The number of anilines is 1. The number of aryl methyl sites for hydroxylation is 1. The molecule has 0 radical (unpaired) electrons. The molecule has 162 valence electrons. The number of nitrogens with zero attached hydrogens (tertiary/aromatic N) is 2. The summed E-state index contributed by atoms with van der Waals surface area (Å²) in [7, 11) is 0. The Balaban J connectivity index is 1.42. The van der Waals surface area contributed by atoms with Crippen molar-refractivity contribution >= 4 is 46.5 Å². The Hall–Kier alpha value is -2.03. The molecule has 0 saturated carbocycles. The van der Waals surface area contributed by atoms with Crippen LogP contribution in [0.1, 0.15) is 27.3 Å². The largest absolute Gasteiger partial charge is 0.484 e. The maximum Gasteiger partial charge on any atom is 0.265 e. The van der Waals surface area contributed by atoms with Crippen molar-refractivity contribution in [1.82, 2.24) is 4.98 Å². The first kappa shape index (κ1) is 22.2. The van der Waals surface area contributed by atoms with Crippen molar-refractivity contribution in [3.63, 3.8) is 0 Å². The van der Waals surface area contributed by atoms with Gasteiger partial charge in [-0.25, -0.2) is 9.37 Å². The second kappa shape index (κ2) is 10.5. The molecule has 1 fully saturated rings. The Morgan fingerprint density at radius 2 is 1.84 bits per heavy atom. The van der Waals surface area contributed by atoms with Gasteiger partial charge in [0, 0.05) is 11.1 Å². The van der Waals surface area contributed by atoms with E-state index in [1.165, 1.54) is 47.0 Å². The molecule has 4 rings (SSSR count). The van der Waals surface area contributed by atoms with Crippen LogP contribution in [-0.2, 0) is 11.3 Å². The minimum Gasteiger partial charge on any atom is -0.484 e. The number of halogens is 1. The van der Waals surface area contributed by atoms with Crippen LogP contribution in [0.4, 0.5) is 10.1 Å². The summed E-state index contributed by atoms with van der Waals surface area (Å²) in [5, 5.41) is 2.87. The van der Waals surface area contributed by atoms with Gasteiger partial charge in [0.1, 0.15) is 11.6 Å². The first-order valence-corrected chi connectivity index (χ1v) is 13.0. The van der Waals surface area contributed by atoms with Crippen LogP contribution in [0.15, 0.2) is 53.9 Å². The molecule has 3 aromatic rings. The zero-order valence-electron chi connectivity index (χ0n) is 17.1. The number of ether oxygens (including phenoxy) is 1. The molecule has 4 nitrogen and oxygen atoms in total. The van der Waals surface area contributed by atoms with Crippen molar-refractivity contribution in [2.24, 2.45) is 0 Å². The van der Waals surface area contributed by atoms with E-state index in [2.05, 4.69) is 17.1 Å². The fourth-order valence-corrected chi connectivity index (χ4v) is 6.71. The summed E-state index contributed by atoms with van der Waals surface area (Å²) in [4.78, 5) is 19.0. The predicted octanol–water partition coefficient (Wildman–Crippen LogP) is 6.07. The second-order valence-electron chi connectivity index (χ2n) is 7.10. The van der Waals surface area contributed by atoms with Crippen molar-refractivity contribution in [1.29, 1.82) is 0 Å². The molecule has 0 N–H and O–H groups in total. The van der Waals surface area contributed by atoms with Crippen LogP contribution in [0, 0.1) is 12.7 Å². The van der Waals surface area contributed by atoms with E-state index in [1.54, 1.807) is 17.0 Å². The Labute approximate surface area is 194 Å². The molecule has 0 bridgehead atoms. The van der Waals surface area contributed by atoms with E-state index >= 15 is 0 Å². The monoisotopic (exact) mass is 474 g/mol. The van der Waals surface area contributed by atoms with Crippen molar-refractivity contribution in [2.45, 2.75) is 24.5 Å². The topological polar surface area (TPSA) is 42.4 Å². The van der Waals surface area contributed by atoms with Crippen LogP contribution in [0.2, 0.25) is 0 Å². The van der Waals surface area contributed by atoms with Crippen LogP contribution in [0.3, 0.4) is 0 Å². The van der Waals surface area contributed by atoms with Crippen LogP contribution in [-0.4, -0.2) is 29.0 Å². The summed E-state index contributed by atoms with van der Waals surface area (Å²) >= 11 is 5.49. The lowest BCUT2D eigenvalue weighted by molar-refractivity contribution is -0.120. The number of benzene rings is 2. The fourth-order valence-electron chi connectivity index (χ4n) is 3.21. The van der Waals surface area contributed by atoms with Gasteiger partial charge in [-0.2, -0.15) is 0 Å². The molecular formula is C23H23FN2O2S3. The van der Waals surface area contributed by atoms with Gasteiger partial charge in [-0.3, -0.25) is 4.79 Å².